The topological polar surface area (TPSA) is 87.6 Å². The average molecular weight is 401 g/mol. The summed E-state index contributed by atoms with van der Waals surface area (Å²) < 4.78 is 40.4. The van der Waals surface area contributed by atoms with Crippen molar-refractivity contribution in [1.82, 2.24) is 4.72 Å². The summed E-state index contributed by atoms with van der Waals surface area (Å²) >= 11 is 0. The highest BCUT2D eigenvalue weighted by atomic mass is 32.2. The molecule has 0 saturated carbocycles. The zero-order chi connectivity index (χ0) is 20.3. The van der Waals surface area contributed by atoms with E-state index in [0.717, 1.165) is 12.0 Å². The fraction of sp³-hybridized carbons (Fsp3) is 0.200. The van der Waals surface area contributed by atoms with Gasteiger partial charge in [-0.05, 0) is 42.7 Å². The number of rotatable bonds is 5. The van der Waals surface area contributed by atoms with Gasteiger partial charge in [0.25, 0.3) is 10.0 Å². The summed E-state index contributed by atoms with van der Waals surface area (Å²) in [6.07, 6.45) is 0.771. The van der Waals surface area contributed by atoms with Gasteiger partial charge < -0.3 is 5.32 Å². The van der Waals surface area contributed by atoms with Gasteiger partial charge in [0.15, 0.2) is 0 Å². The van der Waals surface area contributed by atoms with E-state index in [9.17, 15) is 17.6 Å². The minimum absolute atomic E-state index is 0.0305. The first kappa shape index (κ1) is 19.8. The molecule has 0 bridgehead atoms. The van der Waals surface area contributed by atoms with Crippen LogP contribution in [0.2, 0.25) is 0 Å². The molecule has 8 heteroatoms. The number of amides is 1. The molecular weight excluding hydrogens is 381 g/mol. The van der Waals surface area contributed by atoms with Crippen LogP contribution < -0.4 is 10.0 Å². The highest BCUT2D eigenvalue weighted by molar-refractivity contribution is 8.00. The Morgan fingerprint density at radius 1 is 1.14 bits per heavy atom. The lowest BCUT2D eigenvalue weighted by Crippen LogP contribution is -2.25. The molecule has 0 spiro atoms. The average Bonchev–Trinajstić information content (AvgIpc) is 2.90. The van der Waals surface area contributed by atoms with E-state index in [0.29, 0.717) is 16.8 Å². The smallest absolute Gasteiger partial charge is 0.264 e. The number of hydrogen-bond donors (Lipinski definition) is 2. The summed E-state index contributed by atoms with van der Waals surface area (Å²) in [5.74, 6) is -0.697. The third kappa shape index (κ3) is 4.12. The Morgan fingerprint density at radius 2 is 1.82 bits per heavy atom. The summed E-state index contributed by atoms with van der Waals surface area (Å²) in [6, 6.07) is 12.6. The van der Waals surface area contributed by atoms with Crippen molar-refractivity contribution in [3.8, 4) is 0 Å². The Morgan fingerprint density at radius 3 is 2.50 bits per heavy atom. The van der Waals surface area contributed by atoms with Crippen molar-refractivity contribution in [2.75, 3.05) is 11.9 Å². The van der Waals surface area contributed by atoms with E-state index in [1.807, 2.05) is 25.1 Å². The van der Waals surface area contributed by atoms with E-state index in [2.05, 4.69) is 15.0 Å². The maximum Gasteiger partial charge on any atom is 0.264 e. The Labute approximate surface area is 163 Å². The van der Waals surface area contributed by atoms with E-state index in [1.54, 1.807) is 13.0 Å². The van der Waals surface area contributed by atoms with Gasteiger partial charge in [0.1, 0.15) is 23.1 Å². The summed E-state index contributed by atoms with van der Waals surface area (Å²) in [4.78, 5) is 16.4. The summed E-state index contributed by atoms with van der Waals surface area (Å²) in [6.45, 7) is 3.35. The number of carbonyl (C=O) groups excluding carboxylic acids is 1. The number of benzene rings is 2. The summed E-state index contributed by atoms with van der Waals surface area (Å²) in [5, 5.41) is 2.79. The minimum Gasteiger partial charge on any atom is -0.324 e. The molecule has 3 rings (SSSR count). The van der Waals surface area contributed by atoms with Crippen LogP contribution in [-0.4, -0.2) is 26.7 Å². The van der Waals surface area contributed by atoms with Crippen LogP contribution in [0.4, 0.5) is 10.1 Å². The van der Waals surface area contributed by atoms with E-state index in [4.69, 9.17) is 0 Å². The number of sulfonamides is 1. The maximum atomic E-state index is 13.1. The zero-order valence-corrected chi connectivity index (χ0v) is 16.3. The molecule has 0 saturated heterocycles. The number of hydrogen-bond acceptors (Lipinski definition) is 4. The van der Waals surface area contributed by atoms with Gasteiger partial charge in [-0.1, -0.05) is 37.3 Å². The molecule has 1 amide bonds. The first-order valence-electron chi connectivity index (χ1n) is 8.74. The normalized spacial score (nSPS) is 16.9. The van der Waals surface area contributed by atoms with Gasteiger partial charge in [-0.15, -0.1) is 0 Å². The van der Waals surface area contributed by atoms with Gasteiger partial charge in [0.05, 0.1) is 0 Å². The molecule has 28 heavy (non-hydrogen) atoms. The predicted molar refractivity (Wildman–Crippen MR) is 108 cm³/mol. The SMILES string of the molecule is CCc1ccccc1NC(=O)CN=C1NS(=O)(=O)C(c2ccc(F)cc2)=C1C. The molecule has 6 nitrogen and oxygen atoms in total. The number of aliphatic imine (C=N–C) groups is 1. The maximum absolute atomic E-state index is 13.1. The molecule has 0 aliphatic carbocycles. The van der Waals surface area contributed by atoms with Crippen molar-refractivity contribution in [2.24, 2.45) is 4.99 Å². The van der Waals surface area contributed by atoms with Crippen LogP contribution in [-0.2, 0) is 21.2 Å². The van der Waals surface area contributed by atoms with Crippen LogP contribution in [0.5, 0.6) is 0 Å². The molecule has 1 aliphatic rings. The van der Waals surface area contributed by atoms with Gasteiger partial charge in [-0.2, -0.15) is 0 Å². The van der Waals surface area contributed by atoms with E-state index in [-0.39, 0.29) is 23.2 Å². The molecule has 0 aromatic heterocycles. The third-order valence-electron chi connectivity index (χ3n) is 4.36. The van der Waals surface area contributed by atoms with Crippen LogP contribution in [0.3, 0.4) is 0 Å². The van der Waals surface area contributed by atoms with E-state index >= 15 is 0 Å². The molecule has 146 valence electrons. The molecule has 1 heterocycles. The number of para-hydroxylation sites is 1. The van der Waals surface area contributed by atoms with Crippen LogP contribution >= 0.6 is 0 Å². The Balaban J connectivity index is 1.81. The number of carbonyl (C=O) groups is 1. The van der Waals surface area contributed by atoms with Crippen LogP contribution in [0.25, 0.3) is 4.91 Å². The zero-order valence-electron chi connectivity index (χ0n) is 15.5. The van der Waals surface area contributed by atoms with Crippen molar-refractivity contribution in [3.63, 3.8) is 0 Å². The highest BCUT2D eigenvalue weighted by Gasteiger charge is 2.32. The summed E-state index contributed by atoms with van der Waals surface area (Å²) in [7, 11) is -3.82. The van der Waals surface area contributed by atoms with Crippen molar-refractivity contribution >= 4 is 32.4 Å². The molecule has 2 aromatic carbocycles. The quantitative estimate of drug-likeness (QED) is 0.807. The fourth-order valence-electron chi connectivity index (χ4n) is 2.98. The van der Waals surface area contributed by atoms with Crippen molar-refractivity contribution in [2.45, 2.75) is 20.3 Å². The monoisotopic (exact) mass is 401 g/mol. The molecule has 0 radical (unpaired) electrons. The second-order valence-corrected chi connectivity index (χ2v) is 7.91. The van der Waals surface area contributed by atoms with Gasteiger partial charge in [-0.25, -0.2) is 12.8 Å². The molecule has 1 aliphatic heterocycles. The second-order valence-electron chi connectivity index (χ2n) is 6.29. The molecule has 0 unspecified atom stereocenters. The van der Waals surface area contributed by atoms with Gasteiger partial charge in [0, 0.05) is 11.3 Å². The third-order valence-corrected chi connectivity index (χ3v) is 5.90. The predicted octanol–water partition coefficient (Wildman–Crippen LogP) is 3.09. The number of nitrogens with one attached hydrogen (secondary N) is 2. The number of amidine groups is 1. The number of anilines is 1. The number of aryl methyl sites for hydroxylation is 1. The largest absolute Gasteiger partial charge is 0.324 e. The Bertz CT molecular complexity index is 1070. The fourth-order valence-corrected chi connectivity index (χ4v) is 4.50. The van der Waals surface area contributed by atoms with Crippen molar-refractivity contribution in [3.05, 3.63) is 71.0 Å². The molecule has 0 fully saturated rings. The second kappa shape index (κ2) is 7.93. The van der Waals surface area contributed by atoms with Crippen LogP contribution in [0.1, 0.15) is 25.0 Å². The first-order chi connectivity index (χ1) is 13.3. The van der Waals surface area contributed by atoms with Crippen LogP contribution in [0.15, 0.2) is 59.1 Å². The van der Waals surface area contributed by atoms with Crippen molar-refractivity contribution < 1.29 is 17.6 Å². The lowest BCUT2D eigenvalue weighted by Gasteiger charge is -2.08. The van der Waals surface area contributed by atoms with Gasteiger partial charge in [0.2, 0.25) is 5.91 Å². The summed E-state index contributed by atoms with van der Waals surface area (Å²) in [5.41, 5.74) is 2.45. The Hall–Kier alpha value is -3.00. The lowest BCUT2D eigenvalue weighted by molar-refractivity contribution is -0.114. The number of halogens is 1. The first-order valence-corrected chi connectivity index (χ1v) is 10.2. The molecule has 2 aromatic rings. The van der Waals surface area contributed by atoms with Gasteiger partial charge >= 0.3 is 0 Å². The highest BCUT2D eigenvalue weighted by Crippen LogP contribution is 2.29. The lowest BCUT2D eigenvalue weighted by atomic mass is 10.1. The minimum atomic E-state index is -3.82. The van der Waals surface area contributed by atoms with E-state index < -0.39 is 15.8 Å². The standard InChI is InChI=1S/C20H20FN3O3S/c1-3-14-6-4-5-7-17(14)23-18(25)12-22-20-13(2)19(28(26,27)24-20)15-8-10-16(21)11-9-15/h4-11H,3,12H2,1-2H3,(H,22,24)(H,23,25). The van der Waals surface area contributed by atoms with Crippen LogP contribution in [0, 0.1) is 5.82 Å². The van der Waals surface area contributed by atoms with Gasteiger partial charge in [-0.3, -0.25) is 14.5 Å². The number of nitrogens with zero attached hydrogens (tertiary/aromatic N) is 1. The molecular formula is C20H20FN3O3S. The molecule has 0 atom stereocenters. The molecule has 2 N–H and O–H groups in total. The van der Waals surface area contributed by atoms with E-state index in [1.165, 1.54) is 24.3 Å². The Kier molecular flexibility index (Phi) is 5.60. The van der Waals surface area contributed by atoms with Crippen molar-refractivity contribution in [1.29, 1.82) is 0 Å².